The monoisotopic (exact) mass is 252 g/mol. The number of rotatable bonds is 2. The molecule has 2 rings (SSSR count). The summed E-state index contributed by atoms with van der Waals surface area (Å²) in [5.74, 6) is 0.823. The molecule has 1 aromatic heterocycles. The van der Waals surface area contributed by atoms with Gasteiger partial charge in [0.1, 0.15) is 35.4 Å². The van der Waals surface area contributed by atoms with Gasteiger partial charge in [0.2, 0.25) is 0 Å². The number of aliphatic hydroxyl groups is 1. The van der Waals surface area contributed by atoms with Crippen LogP contribution in [-0.2, 0) is 4.74 Å². The number of allylic oxidation sites excluding steroid dienone is 1. The molecule has 2 heterocycles. The summed E-state index contributed by atoms with van der Waals surface area (Å²) >= 11 is 0. The largest absolute Gasteiger partial charge is 0.487 e. The SMILES string of the molecule is C/C=C/c1cc2c(c(=O)o1)[C@H](OC)[C@H](O)[C@H](C)O2. The van der Waals surface area contributed by atoms with Gasteiger partial charge in [-0.3, -0.25) is 0 Å². The van der Waals surface area contributed by atoms with Gasteiger partial charge in [-0.1, -0.05) is 6.08 Å². The van der Waals surface area contributed by atoms with Crippen LogP contribution in [0, 0.1) is 0 Å². The van der Waals surface area contributed by atoms with Crippen LogP contribution in [0.1, 0.15) is 31.3 Å². The molecule has 98 valence electrons. The highest BCUT2D eigenvalue weighted by Crippen LogP contribution is 2.35. The zero-order valence-corrected chi connectivity index (χ0v) is 10.5. The Morgan fingerprint density at radius 3 is 2.83 bits per heavy atom. The van der Waals surface area contributed by atoms with E-state index >= 15 is 0 Å². The van der Waals surface area contributed by atoms with E-state index < -0.39 is 23.9 Å². The number of methoxy groups -OCH3 is 1. The van der Waals surface area contributed by atoms with E-state index in [2.05, 4.69) is 0 Å². The molecule has 0 spiro atoms. The standard InChI is InChI=1S/C13H16O5/c1-4-5-8-6-9-10(13(15)18-8)12(16-3)11(14)7(2)17-9/h4-7,11-12,14H,1-3H3/b5-4+/t7-,11+,12-/m0/s1. The summed E-state index contributed by atoms with van der Waals surface area (Å²) < 4.78 is 15.8. The molecule has 0 bridgehead atoms. The number of hydrogen-bond acceptors (Lipinski definition) is 5. The minimum Gasteiger partial charge on any atom is -0.487 e. The third-order valence-electron chi connectivity index (χ3n) is 2.94. The Bertz CT molecular complexity index is 517. The van der Waals surface area contributed by atoms with Crippen LogP contribution in [-0.4, -0.2) is 24.4 Å². The molecule has 1 aromatic rings. The van der Waals surface area contributed by atoms with Gasteiger partial charge >= 0.3 is 5.63 Å². The number of aliphatic hydroxyl groups excluding tert-OH is 1. The zero-order valence-electron chi connectivity index (χ0n) is 10.5. The van der Waals surface area contributed by atoms with E-state index in [0.29, 0.717) is 11.5 Å². The van der Waals surface area contributed by atoms with Gasteiger partial charge in [0, 0.05) is 13.2 Å². The van der Waals surface area contributed by atoms with Crippen LogP contribution in [0.3, 0.4) is 0 Å². The molecule has 0 amide bonds. The van der Waals surface area contributed by atoms with E-state index in [-0.39, 0.29) is 5.56 Å². The Morgan fingerprint density at radius 2 is 2.22 bits per heavy atom. The summed E-state index contributed by atoms with van der Waals surface area (Å²) in [6.45, 7) is 3.55. The molecule has 0 aromatic carbocycles. The third kappa shape index (κ3) is 2.07. The van der Waals surface area contributed by atoms with Crippen LogP contribution < -0.4 is 10.4 Å². The van der Waals surface area contributed by atoms with Gasteiger partial charge < -0.3 is 19.0 Å². The van der Waals surface area contributed by atoms with Gasteiger partial charge in [-0.25, -0.2) is 4.79 Å². The second kappa shape index (κ2) is 4.96. The number of ether oxygens (including phenoxy) is 2. The molecule has 5 heteroatoms. The van der Waals surface area contributed by atoms with E-state index in [1.54, 1.807) is 25.1 Å². The smallest absolute Gasteiger partial charge is 0.345 e. The van der Waals surface area contributed by atoms with Crippen molar-refractivity contribution in [3.05, 3.63) is 33.9 Å². The lowest BCUT2D eigenvalue weighted by atomic mass is 9.98. The number of fused-ring (bicyclic) bond motifs is 1. The van der Waals surface area contributed by atoms with Crippen molar-refractivity contribution in [3.63, 3.8) is 0 Å². The normalized spacial score (nSPS) is 27.0. The van der Waals surface area contributed by atoms with Crippen LogP contribution in [0.2, 0.25) is 0 Å². The van der Waals surface area contributed by atoms with E-state index in [0.717, 1.165) is 0 Å². The van der Waals surface area contributed by atoms with Crippen LogP contribution >= 0.6 is 0 Å². The predicted octanol–water partition coefficient (Wildman–Crippen LogP) is 1.50. The lowest BCUT2D eigenvalue weighted by Gasteiger charge is -2.33. The lowest BCUT2D eigenvalue weighted by Crippen LogP contribution is -2.41. The Morgan fingerprint density at radius 1 is 1.50 bits per heavy atom. The fourth-order valence-corrected chi connectivity index (χ4v) is 2.04. The molecule has 5 nitrogen and oxygen atoms in total. The van der Waals surface area contributed by atoms with E-state index in [9.17, 15) is 9.90 Å². The van der Waals surface area contributed by atoms with Crippen molar-refractivity contribution < 1.29 is 19.0 Å². The van der Waals surface area contributed by atoms with Crippen molar-refractivity contribution in [2.75, 3.05) is 7.11 Å². The van der Waals surface area contributed by atoms with Crippen molar-refractivity contribution in [2.45, 2.75) is 32.2 Å². The average molecular weight is 252 g/mol. The Kier molecular flexibility index (Phi) is 3.54. The van der Waals surface area contributed by atoms with E-state index in [1.807, 2.05) is 6.92 Å². The van der Waals surface area contributed by atoms with Crippen molar-refractivity contribution >= 4 is 6.08 Å². The molecule has 18 heavy (non-hydrogen) atoms. The Hall–Kier alpha value is -1.59. The second-order valence-electron chi connectivity index (χ2n) is 4.18. The molecule has 0 saturated heterocycles. The van der Waals surface area contributed by atoms with Crippen LogP contribution in [0.4, 0.5) is 0 Å². The van der Waals surface area contributed by atoms with Gasteiger partial charge in [0.25, 0.3) is 0 Å². The maximum Gasteiger partial charge on any atom is 0.345 e. The highest BCUT2D eigenvalue weighted by Gasteiger charge is 2.38. The Balaban J connectivity index is 2.57. The minimum absolute atomic E-state index is 0.233. The van der Waals surface area contributed by atoms with Crippen molar-refractivity contribution in [1.82, 2.24) is 0 Å². The second-order valence-corrected chi connectivity index (χ2v) is 4.18. The first-order valence-electron chi connectivity index (χ1n) is 5.76. The van der Waals surface area contributed by atoms with Gasteiger partial charge in [-0.2, -0.15) is 0 Å². The third-order valence-corrected chi connectivity index (χ3v) is 2.94. The van der Waals surface area contributed by atoms with Gasteiger partial charge in [0.15, 0.2) is 0 Å². The molecule has 0 unspecified atom stereocenters. The highest BCUT2D eigenvalue weighted by atomic mass is 16.5. The molecule has 0 fully saturated rings. The first kappa shape index (κ1) is 12.9. The molecule has 1 aliphatic heterocycles. The van der Waals surface area contributed by atoms with Crippen molar-refractivity contribution in [3.8, 4) is 5.75 Å². The fraction of sp³-hybridized carbons (Fsp3) is 0.462. The molecule has 0 radical (unpaired) electrons. The maximum atomic E-state index is 11.9. The van der Waals surface area contributed by atoms with Crippen LogP contribution in [0.5, 0.6) is 5.75 Å². The first-order chi connectivity index (χ1) is 8.58. The van der Waals surface area contributed by atoms with Crippen molar-refractivity contribution in [1.29, 1.82) is 0 Å². The van der Waals surface area contributed by atoms with Gasteiger partial charge in [-0.15, -0.1) is 0 Å². The molecule has 1 aliphatic rings. The quantitative estimate of drug-likeness (QED) is 0.863. The average Bonchev–Trinajstić information content (AvgIpc) is 2.32. The van der Waals surface area contributed by atoms with Crippen LogP contribution in [0.15, 0.2) is 21.4 Å². The zero-order chi connectivity index (χ0) is 13.3. The van der Waals surface area contributed by atoms with Gasteiger partial charge in [-0.05, 0) is 19.9 Å². The van der Waals surface area contributed by atoms with Crippen molar-refractivity contribution in [2.24, 2.45) is 0 Å². The Labute approximate surface area is 105 Å². The molecular weight excluding hydrogens is 236 g/mol. The highest BCUT2D eigenvalue weighted by molar-refractivity contribution is 5.48. The molecule has 1 N–H and O–H groups in total. The topological polar surface area (TPSA) is 68.9 Å². The maximum absolute atomic E-state index is 11.9. The summed E-state index contributed by atoms with van der Waals surface area (Å²) in [7, 11) is 1.44. The molecule has 3 atom stereocenters. The molecule has 0 saturated carbocycles. The predicted molar refractivity (Wildman–Crippen MR) is 65.5 cm³/mol. The number of hydrogen-bond donors (Lipinski definition) is 1. The summed E-state index contributed by atoms with van der Waals surface area (Å²) in [5, 5.41) is 9.94. The minimum atomic E-state index is -0.891. The summed E-state index contributed by atoms with van der Waals surface area (Å²) in [5.41, 5.74) is -0.310. The summed E-state index contributed by atoms with van der Waals surface area (Å²) in [6.07, 6.45) is 1.38. The molecule has 0 aliphatic carbocycles. The van der Waals surface area contributed by atoms with Crippen LogP contribution in [0.25, 0.3) is 6.08 Å². The lowest BCUT2D eigenvalue weighted by molar-refractivity contribution is -0.0814. The summed E-state index contributed by atoms with van der Waals surface area (Å²) in [6, 6.07) is 1.63. The van der Waals surface area contributed by atoms with Gasteiger partial charge in [0.05, 0.1) is 0 Å². The van der Waals surface area contributed by atoms with E-state index in [1.165, 1.54) is 7.11 Å². The first-order valence-corrected chi connectivity index (χ1v) is 5.76. The molecular formula is C13H16O5. The van der Waals surface area contributed by atoms with E-state index in [4.69, 9.17) is 13.9 Å². The summed E-state index contributed by atoms with van der Waals surface area (Å²) in [4.78, 5) is 11.9. The fourth-order valence-electron chi connectivity index (χ4n) is 2.04.